The molecular weight excluding hydrogens is 356 g/mol. The van der Waals surface area contributed by atoms with Gasteiger partial charge in [0.15, 0.2) is 11.5 Å². The monoisotopic (exact) mass is 372 g/mol. The summed E-state index contributed by atoms with van der Waals surface area (Å²) in [7, 11) is 4.34. The molecule has 2 aromatic rings. The van der Waals surface area contributed by atoms with Crippen molar-refractivity contribution in [3.8, 4) is 29.2 Å². The molecule has 0 radical (unpaired) electrons. The highest BCUT2D eigenvalue weighted by Gasteiger charge is 2.35. The Morgan fingerprint density at radius 3 is 2.26 bits per heavy atom. The van der Waals surface area contributed by atoms with E-state index >= 15 is 0 Å². The van der Waals surface area contributed by atoms with Crippen LogP contribution in [0.2, 0.25) is 0 Å². The second-order valence-corrected chi connectivity index (χ2v) is 5.53. The van der Waals surface area contributed by atoms with Crippen molar-refractivity contribution in [1.29, 1.82) is 5.26 Å². The number of fused-ring (bicyclic) bond motifs is 1. The summed E-state index contributed by atoms with van der Waals surface area (Å²) in [6, 6.07) is 5.15. The van der Waals surface area contributed by atoms with Crippen molar-refractivity contribution < 1.29 is 18.9 Å². The first-order valence-electron chi connectivity index (χ1n) is 7.69. The number of ether oxygens (including phenoxy) is 4. The number of hydrogen-bond acceptors (Lipinski definition) is 8. The molecule has 0 saturated heterocycles. The van der Waals surface area contributed by atoms with Gasteiger partial charge in [-0.05, 0) is 17.7 Å². The normalized spacial score (nSPS) is 15.4. The molecule has 0 amide bonds. The molecular formula is C17H16N4O6. The zero-order valence-corrected chi connectivity index (χ0v) is 14.7. The Kier molecular flexibility index (Phi) is 4.51. The van der Waals surface area contributed by atoms with Crippen LogP contribution in [0.5, 0.6) is 23.1 Å². The van der Waals surface area contributed by atoms with Crippen molar-refractivity contribution in [1.82, 2.24) is 9.97 Å². The highest BCUT2D eigenvalue weighted by atomic mass is 16.5. The standard InChI is InChI=1S/C17H16N4O6/c1-24-9-4-7(5-10(25-2)13(9)26-3)11-8(6-18)14(19)27-16-12(11)15(22)20-17(23)21-16/h4-5,11H,19H2,1-3H3,(H2,20,21,22,23)/t11-/m0/s1. The molecule has 1 aliphatic heterocycles. The quantitative estimate of drug-likeness (QED) is 0.693. The van der Waals surface area contributed by atoms with Crippen LogP contribution in [0, 0.1) is 11.3 Å². The summed E-state index contributed by atoms with van der Waals surface area (Å²) >= 11 is 0. The average Bonchev–Trinajstić information content (AvgIpc) is 2.65. The maximum absolute atomic E-state index is 12.5. The van der Waals surface area contributed by atoms with Crippen molar-refractivity contribution in [3.05, 3.63) is 55.6 Å². The zero-order chi connectivity index (χ0) is 19.7. The molecule has 0 aliphatic carbocycles. The third-order valence-corrected chi connectivity index (χ3v) is 4.14. The molecule has 10 heteroatoms. The van der Waals surface area contributed by atoms with Crippen LogP contribution >= 0.6 is 0 Å². The number of methoxy groups -OCH3 is 3. The van der Waals surface area contributed by atoms with Gasteiger partial charge in [-0.15, -0.1) is 0 Å². The van der Waals surface area contributed by atoms with E-state index in [4.69, 9.17) is 24.7 Å². The highest BCUT2D eigenvalue weighted by Crippen LogP contribution is 2.45. The first kappa shape index (κ1) is 17.9. The van der Waals surface area contributed by atoms with Crippen LogP contribution < -0.4 is 35.9 Å². The van der Waals surface area contributed by atoms with Crippen LogP contribution in [-0.2, 0) is 0 Å². The Bertz CT molecular complexity index is 1070. The Hall–Kier alpha value is -3.87. The molecule has 140 valence electrons. The molecule has 4 N–H and O–H groups in total. The van der Waals surface area contributed by atoms with E-state index in [1.165, 1.54) is 21.3 Å². The number of hydrogen-bond donors (Lipinski definition) is 3. The van der Waals surface area contributed by atoms with Gasteiger partial charge >= 0.3 is 5.69 Å². The molecule has 3 rings (SSSR count). The van der Waals surface area contributed by atoms with Gasteiger partial charge in [-0.25, -0.2) is 4.79 Å². The number of nitriles is 1. The first-order valence-corrected chi connectivity index (χ1v) is 7.69. The van der Waals surface area contributed by atoms with E-state index in [1.54, 1.807) is 12.1 Å². The van der Waals surface area contributed by atoms with Gasteiger partial charge in [0.05, 0.1) is 32.8 Å². The fourth-order valence-electron chi connectivity index (χ4n) is 2.99. The summed E-state index contributed by atoms with van der Waals surface area (Å²) < 4.78 is 21.2. The fraction of sp³-hybridized carbons (Fsp3) is 0.235. The van der Waals surface area contributed by atoms with Crippen LogP contribution in [0.25, 0.3) is 0 Å². The predicted octanol–water partition coefficient (Wildman–Crippen LogP) is 0.307. The van der Waals surface area contributed by atoms with Crippen molar-refractivity contribution in [3.63, 3.8) is 0 Å². The van der Waals surface area contributed by atoms with Crippen molar-refractivity contribution >= 4 is 0 Å². The van der Waals surface area contributed by atoms with E-state index < -0.39 is 17.2 Å². The average molecular weight is 372 g/mol. The number of H-pyrrole nitrogens is 2. The first-order chi connectivity index (χ1) is 12.9. The summed E-state index contributed by atoms with van der Waals surface area (Å²) in [6.07, 6.45) is 0. The second-order valence-electron chi connectivity index (χ2n) is 5.53. The Morgan fingerprint density at radius 2 is 1.74 bits per heavy atom. The van der Waals surface area contributed by atoms with Gasteiger partial charge in [-0.1, -0.05) is 0 Å². The molecule has 1 aromatic carbocycles. The number of benzene rings is 1. The smallest absolute Gasteiger partial charge is 0.328 e. The lowest BCUT2D eigenvalue weighted by Crippen LogP contribution is -2.33. The second kappa shape index (κ2) is 6.80. The molecule has 0 spiro atoms. The number of rotatable bonds is 4. The number of aromatic nitrogens is 2. The molecule has 0 saturated carbocycles. The molecule has 27 heavy (non-hydrogen) atoms. The Morgan fingerprint density at radius 1 is 1.11 bits per heavy atom. The van der Waals surface area contributed by atoms with Crippen molar-refractivity contribution in [2.75, 3.05) is 21.3 Å². The van der Waals surface area contributed by atoms with E-state index in [0.29, 0.717) is 22.8 Å². The maximum Gasteiger partial charge on any atom is 0.328 e. The number of allylic oxidation sites excluding steroid dienone is 1. The van der Waals surface area contributed by atoms with Gasteiger partial charge in [-0.3, -0.25) is 14.8 Å². The summed E-state index contributed by atoms with van der Waals surface area (Å²) in [5.41, 5.74) is 4.90. The maximum atomic E-state index is 12.5. The van der Waals surface area contributed by atoms with Gasteiger partial charge in [0, 0.05) is 0 Å². The summed E-state index contributed by atoms with van der Waals surface area (Å²) in [5, 5.41) is 9.58. The highest BCUT2D eigenvalue weighted by molar-refractivity contribution is 5.60. The summed E-state index contributed by atoms with van der Waals surface area (Å²) in [4.78, 5) is 28.5. The molecule has 10 nitrogen and oxygen atoms in total. The van der Waals surface area contributed by atoms with Crippen LogP contribution in [0.4, 0.5) is 0 Å². The van der Waals surface area contributed by atoms with Crippen LogP contribution in [-0.4, -0.2) is 31.3 Å². The van der Waals surface area contributed by atoms with Crippen LogP contribution in [0.3, 0.4) is 0 Å². The molecule has 1 aromatic heterocycles. The summed E-state index contributed by atoms with van der Waals surface area (Å²) in [5.74, 6) is -0.243. The van der Waals surface area contributed by atoms with Gasteiger partial charge in [-0.2, -0.15) is 5.26 Å². The minimum absolute atomic E-state index is 0.00863. The van der Waals surface area contributed by atoms with Gasteiger partial charge in [0.25, 0.3) is 5.56 Å². The largest absolute Gasteiger partial charge is 0.493 e. The van der Waals surface area contributed by atoms with E-state index in [1.807, 2.05) is 6.07 Å². The molecule has 1 aliphatic rings. The predicted molar refractivity (Wildman–Crippen MR) is 93.1 cm³/mol. The molecule has 2 heterocycles. The van der Waals surface area contributed by atoms with Gasteiger partial charge < -0.3 is 24.7 Å². The molecule has 1 atom stereocenters. The third-order valence-electron chi connectivity index (χ3n) is 4.14. The number of aromatic amines is 2. The number of nitrogens with two attached hydrogens (primary N) is 1. The Labute approximate surface area is 152 Å². The fourth-order valence-corrected chi connectivity index (χ4v) is 2.99. The van der Waals surface area contributed by atoms with Crippen LogP contribution in [0.15, 0.2) is 33.2 Å². The van der Waals surface area contributed by atoms with E-state index in [-0.39, 0.29) is 22.9 Å². The van der Waals surface area contributed by atoms with Gasteiger partial charge in [0.1, 0.15) is 11.6 Å². The molecule has 0 unspecified atom stereocenters. The van der Waals surface area contributed by atoms with E-state index in [2.05, 4.69) is 9.97 Å². The summed E-state index contributed by atoms with van der Waals surface area (Å²) in [6.45, 7) is 0. The SMILES string of the molecule is COc1cc([C@H]2C(C#N)=C(N)Oc3[nH]c(=O)[nH]c(=O)c32)cc(OC)c1OC. The lowest BCUT2D eigenvalue weighted by atomic mass is 9.85. The van der Waals surface area contributed by atoms with E-state index in [0.717, 1.165) is 0 Å². The lowest BCUT2D eigenvalue weighted by molar-refractivity contribution is 0.323. The molecule has 0 bridgehead atoms. The van der Waals surface area contributed by atoms with E-state index in [9.17, 15) is 14.9 Å². The van der Waals surface area contributed by atoms with Crippen molar-refractivity contribution in [2.24, 2.45) is 5.73 Å². The van der Waals surface area contributed by atoms with Crippen molar-refractivity contribution in [2.45, 2.75) is 5.92 Å². The lowest BCUT2D eigenvalue weighted by Gasteiger charge is -2.25. The van der Waals surface area contributed by atoms with Gasteiger partial charge in [0.2, 0.25) is 17.5 Å². The minimum Gasteiger partial charge on any atom is -0.493 e. The number of nitrogens with zero attached hydrogens (tertiary/aromatic N) is 1. The topological polar surface area (TPSA) is 152 Å². The minimum atomic E-state index is -0.909. The molecule has 0 fully saturated rings. The Balaban J connectivity index is 2.35. The number of nitrogens with one attached hydrogen (secondary N) is 2. The third kappa shape index (κ3) is 2.85. The zero-order valence-electron chi connectivity index (χ0n) is 14.7. The van der Waals surface area contributed by atoms with Crippen LogP contribution in [0.1, 0.15) is 17.0 Å².